The van der Waals surface area contributed by atoms with E-state index in [4.69, 9.17) is 9.47 Å². The number of nitrogens with one attached hydrogen (secondary N) is 1. The molecule has 0 amide bonds. The monoisotopic (exact) mass is 293 g/mol. The molecule has 21 heavy (non-hydrogen) atoms. The first-order valence-corrected chi connectivity index (χ1v) is 8.03. The molecule has 0 fully saturated rings. The maximum absolute atomic E-state index is 5.89. The van der Waals surface area contributed by atoms with E-state index in [-0.39, 0.29) is 0 Å². The smallest absolute Gasteiger partial charge is 0.161 e. The van der Waals surface area contributed by atoms with Crippen LogP contribution in [0.5, 0.6) is 11.5 Å². The Kier molecular flexibility index (Phi) is 8.21. The van der Waals surface area contributed by atoms with Gasteiger partial charge in [0, 0.05) is 6.54 Å². The number of methoxy groups -OCH3 is 1. The Balaban J connectivity index is 2.54. The van der Waals surface area contributed by atoms with Gasteiger partial charge in [-0.1, -0.05) is 33.8 Å². The van der Waals surface area contributed by atoms with Crippen LogP contribution in [0.1, 0.15) is 46.1 Å². The standard InChI is InChI=1S/C18H31NO2/c1-14(2)7-6-10-21-18-11-16(8-9-17(18)20-5)13-19-12-15(3)4/h8-9,11,14-15,19H,6-7,10,12-13H2,1-5H3. The average Bonchev–Trinajstić information content (AvgIpc) is 2.43. The topological polar surface area (TPSA) is 30.5 Å². The minimum atomic E-state index is 0.662. The highest BCUT2D eigenvalue weighted by molar-refractivity contribution is 5.42. The van der Waals surface area contributed by atoms with Crippen LogP contribution < -0.4 is 14.8 Å². The summed E-state index contributed by atoms with van der Waals surface area (Å²) in [4.78, 5) is 0. The number of hydrogen-bond donors (Lipinski definition) is 1. The highest BCUT2D eigenvalue weighted by Crippen LogP contribution is 2.28. The maximum Gasteiger partial charge on any atom is 0.161 e. The molecule has 1 N–H and O–H groups in total. The summed E-state index contributed by atoms with van der Waals surface area (Å²) in [5, 5.41) is 3.45. The number of ether oxygens (including phenoxy) is 2. The van der Waals surface area contributed by atoms with E-state index < -0.39 is 0 Å². The first kappa shape index (κ1) is 17.8. The van der Waals surface area contributed by atoms with Crippen molar-refractivity contribution in [1.82, 2.24) is 5.32 Å². The molecule has 1 aromatic rings. The molecular weight excluding hydrogens is 262 g/mol. The molecule has 0 spiro atoms. The molecule has 0 aromatic heterocycles. The predicted molar refractivity (Wildman–Crippen MR) is 89.1 cm³/mol. The van der Waals surface area contributed by atoms with Gasteiger partial charge < -0.3 is 14.8 Å². The van der Waals surface area contributed by atoms with Crippen molar-refractivity contribution < 1.29 is 9.47 Å². The second-order valence-electron chi connectivity index (χ2n) is 6.39. The van der Waals surface area contributed by atoms with Gasteiger partial charge in [0.05, 0.1) is 13.7 Å². The van der Waals surface area contributed by atoms with Gasteiger partial charge in [0.1, 0.15) is 0 Å². The first-order chi connectivity index (χ1) is 10.0. The molecule has 0 heterocycles. The SMILES string of the molecule is COc1ccc(CNCC(C)C)cc1OCCCC(C)C. The molecule has 0 saturated carbocycles. The molecular formula is C18H31NO2. The zero-order chi connectivity index (χ0) is 15.7. The summed E-state index contributed by atoms with van der Waals surface area (Å²) in [6, 6.07) is 6.17. The van der Waals surface area contributed by atoms with Gasteiger partial charge in [-0.3, -0.25) is 0 Å². The zero-order valence-electron chi connectivity index (χ0n) is 14.2. The van der Waals surface area contributed by atoms with Gasteiger partial charge >= 0.3 is 0 Å². The van der Waals surface area contributed by atoms with Gasteiger partial charge in [-0.2, -0.15) is 0 Å². The van der Waals surface area contributed by atoms with Crippen LogP contribution in [-0.4, -0.2) is 20.3 Å². The quantitative estimate of drug-likeness (QED) is 0.654. The summed E-state index contributed by atoms with van der Waals surface area (Å²) >= 11 is 0. The van der Waals surface area contributed by atoms with Gasteiger partial charge in [0.15, 0.2) is 11.5 Å². The van der Waals surface area contributed by atoms with E-state index in [2.05, 4.69) is 45.1 Å². The van der Waals surface area contributed by atoms with Crippen molar-refractivity contribution in [2.45, 2.75) is 47.1 Å². The fraction of sp³-hybridized carbons (Fsp3) is 0.667. The Morgan fingerprint density at radius 2 is 1.81 bits per heavy atom. The van der Waals surface area contributed by atoms with E-state index in [0.29, 0.717) is 5.92 Å². The lowest BCUT2D eigenvalue weighted by molar-refractivity contribution is 0.279. The van der Waals surface area contributed by atoms with Gasteiger partial charge in [0.25, 0.3) is 0 Å². The zero-order valence-corrected chi connectivity index (χ0v) is 14.2. The van der Waals surface area contributed by atoms with Crippen LogP contribution in [0.2, 0.25) is 0 Å². The third-order valence-corrected chi connectivity index (χ3v) is 3.29. The van der Waals surface area contributed by atoms with Crippen molar-refractivity contribution in [2.24, 2.45) is 11.8 Å². The molecule has 1 aromatic carbocycles. The summed E-state index contributed by atoms with van der Waals surface area (Å²) in [6.07, 6.45) is 2.27. The van der Waals surface area contributed by atoms with Crippen LogP contribution in [-0.2, 0) is 6.54 Å². The molecule has 0 atom stereocenters. The highest BCUT2D eigenvalue weighted by atomic mass is 16.5. The van der Waals surface area contributed by atoms with Crippen LogP contribution >= 0.6 is 0 Å². The third-order valence-electron chi connectivity index (χ3n) is 3.29. The summed E-state index contributed by atoms with van der Waals surface area (Å²) in [7, 11) is 1.69. The van der Waals surface area contributed by atoms with Crippen molar-refractivity contribution >= 4 is 0 Å². The molecule has 0 unspecified atom stereocenters. The molecule has 0 aliphatic rings. The first-order valence-electron chi connectivity index (χ1n) is 8.03. The lowest BCUT2D eigenvalue weighted by atomic mass is 10.1. The lowest BCUT2D eigenvalue weighted by Crippen LogP contribution is -2.19. The van der Waals surface area contributed by atoms with Gasteiger partial charge in [-0.25, -0.2) is 0 Å². The summed E-state index contributed by atoms with van der Waals surface area (Å²) in [6.45, 7) is 11.5. The molecule has 0 saturated heterocycles. The van der Waals surface area contributed by atoms with E-state index in [1.165, 1.54) is 12.0 Å². The van der Waals surface area contributed by atoms with Crippen LogP contribution in [0.25, 0.3) is 0 Å². The molecule has 0 radical (unpaired) electrons. The summed E-state index contributed by atoms with van der Waals surface area (Å²) in [5.74, 6) is 3.05. The van der Waals surface area contributed by atoms with E-state index in [1.54, 1.807) is 7.11 Å². The fourth-order valence-electron chi connectivity index (χ4n) is 2.12. The Morgan fingerprint density at radius 3 is 2.43 bits per heavy atom. The van der Waals surface area contributed by atoms with E-state index in [9.17, 15) is 0 Å². The summed E-state index contributed by atoms with van der Waals surface area (Å²) in [5.41, 5.74) is 1.23. The van der Waals surface area contributed by atoms with Crippen molar-refractivity contribution in [3.63, 3.8) is 0 Å². The Hall–Kier alpha value is -1.22. The Bertz CT molecular complexity index is 402. The Morgan fingerprint density at radius 1 is 1.05 bits per heavy atom. The summed E-state index contributed by atoms with van der Waals surface area (Å²) < 4.78 is 11.3. The number of benzene rings is 1. The minimum absolute atomic E-state index is 0.662. The van der Waals surface area contributed by atoms with Gasteiger partial charge in [-0.05, 0) is 48.9 Å². The van der Waals surface area contributed by atoms with Gasteiger partial charge in [0.2, 0.25) is 0 Å². The van der Waals surface area contributed by atoms with Crippen LogP contribution in [0.15, 0.2) is 18.2 Å². The molecule has 0 aliphatic carbocycles. The largest absolute Gasteiger partial charge is 0.493 e. The van der Waals surface area contributed by atoms with E-state index in [1.807, 2.05) is 6.07 Å². The fourth-order valence-corrected chi connectivity index (χ4v) is 2.12. The van der Waals surface area contributed by atoms with Crippen molar-refractivity contribution in [2.75, 3.05) is 20.3 Å². The van der Waals surface area contributed by atoms with Crippen molar-refractivity contribution in [3.8, 4) is 11.5 Å². The molecule has 0 aliphatic heterocycles. The highest BCUT2D eigenvalue weighted by Gasteiger charge is 2.06. The number of rotatable bonds is 10. The molecule has 3 heteroatoms. The predicted octanol–water partition coefficient (Wildman–Crippen LogP) is 4.26. The normalized spacial score (nSPS) is 11.2. The lowest BCUT2D eigenvalue weighted by Gasteiger charge is -2.14. The van der Waals surface area contributed by atoms with Crippen LogP contribution in [0, 0.1) is 11.8 Å². The van der Waals surface area contributed by atoms with Crippen LogP contribution in [0.3, 0.4) is 0 Å². The van der Waals surface area contributed by atoms with Gasteiger partial charge in [-0.15, -0.1) is 0 Å². The minimum Gasteiger partial charge on any atom is -0.493 e. The second-order valence-corrected chi connectivity index (χ2v) is 6.39. The average molecular weight is 293 g/mol. The van der Waals surface area contributed by atoms with Crippen molar-refractivity contribution in [1.29, 1.82) is 0 Å². The third kappa shape index (κ3) is 7.37. The Labute approximate surface area is 130 Å². The van der Waals surface area contributed by atoms with Crippen LogP contribution in [0.4, 0.5) is 0 Å². The maximum atomic E-state index is 5.89. The van der Waals surface area contributed by atoms with Crippen molar-refractivity contribution in [3.05, 3.63) is 23.8 Å². The number of hydrogen-bond acceptors (Lipinski definition) is 3. The molecule has 1 rings (SSSR count). The molecule has 120 valence electrons. The van der Waals surface area contributed by atoms with E-state index in [0.717, 1.165) is 43.5 Å². The van der Waals surface area contributed by atoms with E-state index >= 15 is 0 Å². The molecule has 3 nitrogen and oxygen atoms in total. The second kappa shape index (κ2) is 9.67. The molecule has 0 bridgehead atoms.